The number of hydrogen-bond acceptors (Lipinski definition) is 4. The van der Waals surface area contributed by atoms with Crippen molar-refractivity contribution in [2.75, 3.05) is 40.8 Å². The van der Waals surface area contributed by atoms with E-state index in [1.165, 1.54) is 18.4 Å². The van der Waals surface area contributed by atoms with Crippen molar-refractivity contribution in [3.05, 3.63) is 18.0 Å². The molecule has 2 rings (SSSR count). The van der Waals surface area contributed by atoms with Gasteiger partial charge < -0.3 is 20.4 Å². The molecule has 0 amide bonds. The molecule has 1 unspecified atom stereocenters. The maximum absolute atomic E-state index is 4.41. The molecule has 0 aliphatic carbocycles. The molecule has 1 atom stereocenters. The molecule has 7 nitrogen and oxygen atoms in total. The number of likely N-dealkylation sites (tertiary alicyclic amines) is 1. The molecule has 2 N–H and O–H groups in total. The van der Waals surface area contributed by atoms with Crippen LogP contribution < -0.4 is 10.6 Å². The van der Waals surface area contributed by atoms with Crippen molar-refractivity contribution >= 4 is 29.9 Å². The molecule has 26 heavy (non-hydrogen) atoms. The molecule has 2 heterocycles. The Bertz CT molecular complexity index is 547. The van der Waals surface area contributed by atoms with Gasteiger partial charge in [0.05, 0.1) is 12.2 Å². The first-order valence-corrected chi connectivity index (χ1v) is 9.27. The predicted molar refractivity (Wildman–Crippen MR) is 119 cm³/mol. The number of rotatable bonds is 6. The quantitative estimate of drug-likeness (QED) is 0.371. The average Bonchev–Trinajstić information content (AvgIpc) is 3.00. The van der Waals surface area contributed by atoms with Gasteiger partial charge in [-0.1, -0.05) is 0 Å². The van der Waals surface area contributed by atoms with E-state index in [1.54, 1.807) is 0 Å². The third kappa shape index (κ3) is 6.70. The molecule has 0 radical (unpaired) electrons. The van der Waals surface area contributed by atoms with Crippen molar-refractivity contribution in [3.8, 4) is 0 Å². The lowest BCUT2D eigenvalue weighted by molar-refractivity contribution is 0.167. The van der Waals surface area contributed by atoms with Gasteiger partial charge in [-0.05, 0) is 40.8 Å². The fourth-order valence-electron chi connectivity index (χ4n) is 3.35. The summed E-state index contributed by atoms with van der Waals surface area (Å²) in [7, 11) is 7.98. The number of hydrogen-bond donors (Lipinski definition) is 2. The Balaban J connectivity index is 0.00000338. The second kappa shape index (κ2) is 11.1. The Labute approximate surface area is 175 Å². The van der Waals surface area contributed by atoms with E-state index in [-0.39, 0.29) is 30.0 Å². The highest BCUT2D eigenvalue weighted by Gasteiger charge is 2.22. The van der Waals surface area contributed by atoms with Gasteiger partial charge in [0.25, 0.3) is 0 Å². The first kappa shape index (κ1) is 23.2. The first-order valence-electron chi connectivity index (χ1n) is 9.27. The highest BCUT2D eigenvalue weighted by molar-refractivity contribution is 14.0. The molecule has 0 spiro atoms. The monoisotopic (exact) mass is 477 g/mol. The highest BCUT2D eigenvalue weighted by atomic mass is 127. The predicted octanol–water partition coefficient (Wildman–Crippen LogP) is 1.68. The average molecular weight is 477 g/mol. The van der Waals surface area contributed by atoms with Crippen LogP contribution in [0.4, 0.5) is 0 Å². The summed E-state index contributed by atoms with van der Waals surface area (Å²) >= 11 is 0. The molecule has 1 aliphatic heterocycles. The van der Waals surface area contributed by atoms with Gasteiger partial charge in [-0.25, -0.2) is 0 Å². The summed E-state index contributed by atoms with van der Waals surface area (Å²) in [4.78, 5) is 9.16. The fourth-order valence-corrected chi connectivity index (χ4v) is 3.35. The minimum absolute atomic E-state index is 0. The number of piperidine rings is 1. The maximum atomic E-state index is 4.41. The Morgan fingerprint density at radius 1 is 1.35 bits per heavy atom. The normalized spacial score (nSPS) is 18.1. The zero-order chi connectivity index (χ0) is 18.4. The van der Waals surface area contributed by atoms with Gasteiger partial charge in [-0.3, -0.25) is 9.67 Å². The molecule has 1 saturated heterocycles. The molecule has 8 heteroatoms. The number of nitrogens with one attached hydrogen (secondary N) is 2. The van der Waals surface area contributed by atoms with Gasteiger partial charge in [0.15, 0.2) is 5.96 Å². The smallest absolute Gasteiger partial charge is 0.191 e. The Hall–Kier alpha value is -0.870. The third-order valence-corrected chi connectivity index (χ3v) is 5.02. The van der Waals surface area contributed by atoms with Crippen LogP contribution in [-0.4, -0.2) is 78.4 Å². The second-order valence-corrected chi connectivity index (χ2v) is 7.43. The van der Waals surface area contributed by atoms with Crippen molar-refractivity contribution in [3.63, 3.8) is 0 Å². The van der Waals surface area contributed by atoms with E-state index < -0.39 is 0 Å². The van der Waals surface area contributed by atoms with Crippen molar-refractivity contribution in [2.24, 2.45) is 12.0 Å². The van der Waals surface area contributed by atoms with Gasteiger partial charge in [0.1, 0.15) is 0 Å². The number of aryl methyl sites for hydroxylation is 1. The molecule has 1 aromatic rings. The number of aromatic nitrogens is 2. The van der Waals surface area contributed by atoms with Crippen LogP contribution in [-0.2, 0) is 7.05 Å². The highest BCUT2D eigenvalue weighted by Crippen LogP contribution is 2.16. The first-order chi connectivity index (χ1) is 11.9. The molecule has 1 aliphatic rings. The topological polar surface area (TPSA) is 60.7 Å². The van der Waals surface area contributed by atoms with Crippen molar-refractivity contribution in [1.82, 2.24) is 30.2 Å². The summed E-state index contributed by atoms with van der Waals surface area (Å²) in [5, 5.41) is 11.4. The van der Waals surface area contributed by atoms with Crippen LogP contribution >= 0.6 is 24.0 Å². The van der Waals surface area contributed by atoms with E-state index in [9.17, 15) is 0 Å². The second-order valence-electron chi connectivity index (χ2n) is 7.43. The largest absolute Gasteiger partial charge is 0.354 e. The Kier molecular flexibility index (Phi) is 9.88. The van der Waals surface area contributed by atoms with Crippen molar-refractivity contribution in [1.29, 1.82) is 0 Å². The summed E-state index contributed by atoms with van der Waals surface area (Å²) in [5.41, 5.74) is 1.21. The standard InChI is InChI=1S/C18H35N7.HI/c1-14(2)25-9-7-16(8-10-25)22-18(19-3)20-12-17(23(4)5)15-11-21-24(6)13-15;/h11,13-14,16-17H,7-10,12H2,1-6H3,(H2,19,20,22);1H. The summed E-state index contributed by atoms with van der Waals surface area (Å²) in [6.07, 6.45) is 6.34. The lowest BCUT2D eigenvalue weighted by Crippen LogP contribution is -2.50. The van der Waals surface area contributed by atoms with E-state index in [4.69, 9.17) is 0 Å². The Morgan fingerprint density at radius 2 is 2.00 bits per heavy atom. The lowest BCUT2D eigenvalue weighted by Gasteiger charge is -2.35. The van der Waals surface area contributed by atoms with E-state index >= 15 is 0 Å². The zero-order valence-electron chi connectivity index (χ0n) is 17.1. The van der Waals surface area contributed by atoms with Crippen LogP contribution in [0.2, 0.25) is 0 Å². The number of likely N-dealkylation sites (N-methyl/N-ethyl adjacent to an activating group) is 1. The van der Waals surface area contributed by atoms with Crippen LogP contribution in [0.3, 0.4) is 0 Å². The van der Waals surface area contributed by atoms with E-state index in [0.717, 1.165) is 25.6 Å². The van der Waals surface area contributed by atoms with E-state index in [2.05, 4.69) is 64.7 Å². The molecule has 0 bridgehead atoms. The van der Waals surface area contributed by atoms with Gasteiger partial charge in [-0.15, -0.1) is 24.0 Å². The van der Waals surface area contributed by atoms with Crippen LogP contribution in [0.5, 0.6) is 0 Å². The summed E-state index contributed by atoms with van der Waals surface area (Å²) in [6.45, 7) is 7.65. The van der Waals surface area contributed by atoms with Crippen LogP contribution in [0.15, 0.2) is 17.4 Å². The van der Waals surface area contributed by atoms with Crippen molar-refractivity contribution < 1.29 is 0 Å². The molecular formula is C18H36IN7. The minimum Gasteiger partial charge on any atom is -0.354 e. The van der Waals surface area contributed by atoms with Gasteiger partial charge in [-0.2, -0.15) is 5.10 Å². The van der Waals surface area contributed by atoms with Gasteiger partial charge in [0, 0.05) is 57.6 Å². The number of halogens is 1. The van der Waals surface area contributed by atoms with Crippen LogP contribution in [0, 0.1) is 0 Å². The van der Waals surface area contributed by atoms with Crippen LogP contribution in [0.25, 0.3) is 0 Å². The fraction of sp³-hybridized carbons (Fsp3) is 0.778. The molecule has 0 saturated carbocycles. The summed E-state index contributed by atoms with van der Waals surface area (Å²) in [6, 6.07) is 1.39. The molecule has 150 valence electrons. The van der Waals surface area contributed by atoms with Gasteiger partial charge >= 0.3 is 0 Å². The molecule has 0 aromatic carbocycles. The third-order valence-electron chi connectivity index (χ3n) is 5.02. The maximum Gasteiger partial charge on any atom is 0.191 e. The summed E-state index contributed by atoms with van der Waals surface area (Å²) in [5.74, 6) is 0.888. The van der Waals surface area contributed by atoms with E-state index in [1.807, 2.05) is 25.0 Å². The number of nitrogens with zero attached hydrogens (tertiary/aromatic N) is 5. The Morgan fingerprint density at radius 3 is 2.46 bits per heavy atom. The molecule has 1 fully saturated rings. The SMILES string of the molecule is CN=C(NCC(c1cnn(C)c1)N(C)C)NC1CCN(C(C)C)CC1.I. The van der Waals surface area contributed by atoms with Crippen molar-refractivity contribution in [2.45, 2.75) is 44.8 Å². The summed E-state index contributed by atoms with van der Waals surface area (Å²) < 4.78 is 1.85. The van der Waals surface area contributed by atoms with Crippen LogP contribution in [0.1, 0.15) is 38.3 Å². The molecule has 1 aromatic heterocycles. The zero-order valence-corrected chi connectivity index (χ0v) is 19.4. The van der Waals surface area contributed by atoms with Gasteiger partial charge in [0.2, 0.25) is 0 Å². The number of guanidine groups is 1. The molecular weight excluding hydrogens is 441 g/mol. The number of aliphatic imine (C=N–C) groups is 1. The minimum atomic E-state index is 0. The van der Waals surface area contributed by atoms with E-state index in [0.29, 0.717) is 12.1 Å². The lowest BCUT2D eigenvalue weighted by atomic mass is 10.0.